The number of piperidine rings is 1. The molecule has 0 amide bonds. The second-order valence-corrected chi connectivity index (χ2v) is 7.87. The van der Waals surface area contributed by atoms with E-state index in [4.69, 9.17) is 0 Å². The fourth-order valence-electron chi connectivity index (χ4n) is 4.29. The molecule has 3 N–H and O–H groups in total. The Kier molecular flexibility index (Phi) is 4.79. The van der Waals surface area contributed by atoms with Gasteiger partial charge in [-0.05, 0) is 18.4 Å². The van der Waals surface area contributed by atoms with E-state index in [1.807, 2.05) is 35.2 Å². The first kappa shape index (κ1) is 19.4. The van der Waals surface area contributed by atoms with Crippen LogP contribution in [0.15, 0.2) is 39.9 Å². The fraction of sp³-hybridized carbons (Fsp3) is 0.450. The molecule has 1 aliphatic heterocycles. The molecular weight excluding hydrogens is 374 g/mol. The Morgan fingerprint density at radius 3 is 2.62 bits per heavy atom. The number of aliphatic hydroxyl groups is 2. The number of anilines is 1. The van der Waals surface area contributed by atoms with Crippen molar-refractivity contribution < 1.29 is 10.2 Å². The third-order valence-electron chi connectivity index (χ3n) is 5.99. The van der Waals surface area contributed by atoms with Gasteiger partial charge in [-0.15, -0.1) is 0 Å². The zero-order chi connectivity index (χ0) is 20.8. The van der Waals surface area contributed by atoms with E-state index in [9.17, 15) is 19.8 Å². The van der Waals surface area contributed by atoms with E-state index in [1.165, 1.54) is 4.57 Å². The molecule has 1 saturated heterocycles. The van der Waals surface area contributed by atoms with E-state index in [2.05, 4.69) is 9.97 Å². The molecule has 3 aromatic rings. The Bertz CT molecular complexity index is 1150. The van der Waals surface area contributed by atoms with Gasteiger partial charge in [-0.25, -0.2) is 4.79 Å². The minimum atomic E-state index is -0.754. The minimum absolute atomic E-state index is 0.178. The van der Waals surface area contributed by atoms with Crippen LogP contribution in [0.3, 0.4) is 0 Å². The minimum Gasteiger partial charge on any atom is -0.396 e. The van der Waals surface area contributed by atoms with Crippen LogP contribution in [0.5, 0.6) is 0 Å². The van der Waals surface area contributed by atoms with Crippen LogP contribution in [0.4, 0.5) is 5.95 Å². The van der Waals surface area contributed by atoms with Crippen molar-refractivity contribution in [2.24, 2.45) is 19.5 Å². The van der Waals surface area contributed by atoms with E-state index in [0.29, 0.717) is 43.0 Å². The van der Waals surface area contributed by atoms with E-state index in [1.54, 1.807) is 18.7 Å². The average Bonchev–Trinajstić information content (AvgIpc) is 3.07. The maximum absolute atomic E-state index is 12.3. The van der Waals surface area contributed by atoms with Crippen LogP contribution in [0, 0.1) is 5.41 Å². The molecule has 0 saturated carbocycles. The first-order valence-electron chi connectivity index (χ1n) is 9.60. The van der Waals surface area contributed by atoms with Crippen LogP contribution in [0.2, 0.25) is 0 Å². The first-order valence-corrected chi connectivity index (χ1v) is 9.60. The van der Waals surface area contributed by atoms with E-state index < -0.39 is 22.8 Å². The summed E-state index contributed by atoms with van der Waals surface area (Å²) in [6.07, 6.45) is 0.322. The number of hydrogen-bond acceptors (Lipinski definition) is 6. The van der Waals surface area contributed by atoms with Gasteiger partial charge in [0.2, 0.25) is 5.95 Å². The third kappa shape index (κ3) is 3.16. The lowest BCUT2D eigenvalue weighted by Gasteiger charge is -2.45. The van der Waals surface area contributed by atoms with E-state index in [0.717, 1.165) is 5.56 Å². The van der Waals surface area contributed by atoms with Crippen molar-refractivity contribution in [3.05, 3.63) is 56.7 Å². The predicted molar refractivity (Wildman–Crippen MR) is 109 cm³/mol. The Morgan fingerprint density at radius 1 is 1.21 bits per heavy atom. The van der Waals surface area contributed by atoms with E-state index >= 15 is 0 Å². The van der Waals surface area contributed by atoms with Crippen LogP contribution in [-0.2, 0) is 20.5 Å². The van der Waals surface area contributed by atoms with Crippen molar-refractivity contribution in [2.75, 3.05) is 24.6 Å². The van der Waals surface area contributed by atoms with Gasteiger partial charge < -0.3 is 19.7 Å². The number of nitrogens with zero attached hydrogens (tertiary/aromatic N) is 4. The molecular formula is C20H25N5O4. The summed E-state index contributed by atoms with van der Waals surface area (Å²) < 4.78 is 2.97. The van der Waals surface area contributed by atoms with Gasteiger partial charge >= 0.3 is 5.69 Å². The number of nitrogens with one attached hydrogen (secondary N) is 1. The number of rotatable bonds is 4. The summed E-state index contributed by atoms with van der Waals surface area (Å²) in [5.74, 6) is 0.532. The van der Waals surface area contributed by atoms with Gasteiger partial charge in [-0.2, -0.15) is 4.98 Å². The molecule has 2 atom stereocenters. The van der Waals surface area contributed by atoms with Gasteiger partial charge in [-0.3, -0.25) is 14.3 Å². The van der Waals surface area contributed by atoms with Crippen LogP contribution in [-0.4, -0.2) is 55.1 Å². The van der Waals surface area contributed by atoms with Crippen molar-refractivity contribution in [2.45, 2.75) is 18.9 Å². The highest BCUT2D eigenvalue weighted by Gasteiger charge is 2.43. The largest absolute Gasteiger partial charge is 0.396 e. The molecule has 9 nitrogen and oxygen atoms in total. The highest BCUT2D eigenvalue weighted by Crippen LogP contribution is 2.36. The second kappa shape index (κ2) is 7.16. The molecule has 0 unspecified atom stereocenters. The summed E-state index contributed by atoms with van der Waals surface area (Å²) in [6.45, 7) is 0.728. The SMILES string of the molecule is Cn1c(N2CC[C@H](O)[C@](CO)(Cc3ccccc3)C2)nc2c1c(=O)[nH]c(=O)n2C. The van der Waals surface area contributed by atoms with Crippen molar-refractivity contribution in [1.82, 2.24) is 19.1 Å². The van der Waals surface area contributed by atoms with Crippen molar-refractivity contribution in [3.8, 4) is 0 Å². The molecule has 1 fully saturated rings. The van der Waals surface area contributed by atoms with Crippen LogP contribution in [0.1, 0.15) is 12.0 Å². The molecule has 3 heterocycles. The fourth-order valence-corrected chi connectivity index (χ4v) is 4.29. The molecule has 0 spiro atoms. The van der Waals surface area contributed by atoms with Crippen LogP contribution in [0.25, 0.3) is 11.2 Å². The number of aliphatic hydroxyl groups excluding tert-OH is 2. The highest BCUT2D eigenvalue weighted by molar-refractivity contribution is 5.74. The Hall–Kier alpha value is -2.91. The molecule has 1 aliphatic rings. The predicted octanol–water partition coefficient (Wildman–Crippen LogP) is -0.247. The summed E-state index contributed by atoms with van der Waals surface area (Å²) in [4.78, 5) is 33.1. The number of aryl methyl sites for hydroxylation is 2. The zero-order valence-corrected chi connectivity index (χ0v) is 16.5. The highest BCUT2D eigenvalue weighted by atomic mass is 16.3. The smallest absolute Gasteiger partial charge is 0.329 e. The lowest BCUT2D eigenvalue weighted by atomic mass is 9.73. The molecule has 0 aliphatic carbocycles. The summed E-state index contributed by atoms with van der Waals surface area (Å²) in [5, 5.41) is 21.0. The van der Waals surface area contributed by atoms with Gasteiger partial charge in [-0.1, -0.05) is 30.3 Å². The number of benzene rings is 1. The molecule has 29 heavy (non-hydrogen) atoms. The summed E-state index contributed by atoms with van der Waals surface area (Å²) in [7, 11) is 3.29. The average molecular weight is 399 g/mol. The lowest BCUT2D eigenvalue weighted by Crippen LogP contribution is -2.55. The number of aromatic nitrogens is 4. The summed E-state index contributed by atoms with van der Waals surface area (Å²) in [6, 6.07) is 9.76. The lowest BCUT2D eigenvalue weighted by molar-refractivity contribution is -0.0295. The van der Waals surface area contributed by atoms with Gasteiger partial charge in [0.1, 0.15) is 0 Å². The monoisotopic (exact) mass is 399 g/mol. The third-order valence-corrected chi connectivity index (χ3v) is 5.99. The topological polar surface area (TPSA) is 116 Å². The molecule has 154 valence electrons. The molecule has 0 bridgehead atoms. The van der Waals surface area contributed by atoms with Crippen molar-refractivity contribution in [1.29, 1.82) is 0 Å². The standard InChI is InChI=1S/C20H25N5O4/c1-23-15-16(24(2)19(29)22-17(15)28)21-18(23)25-9-8-14(27)20(11-25,12-26)10-13-6-4-3-5-7-13/h3-7,14,26-27H,8-12H2,1-2H3,(H,22,28,29)/t14-,20+/m0/s1. The molecule has 1 aromatic carbocycles. The van der Waals surface area contributed by atoms with E-state index in [-0.39, 0.29) is 6.61 Å². The van der Waals surface area contributed by atoms with Crippen molar-refractivity contribution in [3.63, 3.8) is 0 Å². The van der Waals surface area contributed by atoms with Gasteiger partial charge in [0.25, 0.3) is 5.56 Å². The quantitative estimate of drug-likeness (QED) is 0.557. The van der Waals surface area contributed by atoms with Crippen LogP contribution < -0.4 is 16.1 Å². The Morgan fingerprint density at radius 2 is 1.93 bits per heavy atom. The number of imidazole rings is 1. The van der Waals surface area contributed by atoms with Gasteiger partial charge in [0, 0.05) is 32.6 Å². The van der Waals surface area contributed by atoms with Gasteiger partial charge in [0.05, 0.1) is 12.7 Å². The molecule has 2 aromatic heterocycles. The Labute approximate surface area is 166 Å². The summed E-state index contributed by atoms with van der Waals surface area (Å²) in [5.41, 5.74) is -0.109. The Balaban J connectivity index is 1.75. The number of hydrogen-bond donors (Lipinski definition) is 3. The van der Waals surface area contributed by atoms with Gasteiger partial charge in [0.15, 0.2) is 11.2 Å². The molecule has 9 heteroatoms. The number of H-pyrrole nitrogens is 1. The maximum Gasteiger partial charge on any atom is 0.329 e. The maximum atomic E-state index is 12.3. The zero-order valence-electron chi connectivity index (χ0n) is 16.5. The summed E-state index contributed by atoms with van der Waals surface area (Å²) >= 11 is 0. The number of fused-ring (bicyclic) bond motifs is 1. The number of aromatic amines is 1. The normalized spacial score (nSPS) is 22.3. The van der Waals surface area contributed by atoms with Crippen LogP contribution >= 0.6 is 0 Å². The molecule has 4 rings (SSSR count). The van der Waals surface area contributed by atoms with Crippen molar-refractivity contribution >= 4 is 17.1 Å². The first-order chi connectivity index (χ1) is 13.9. The second-order valence-electron chi connectivity index (χ2n) is 7.87. The molecule has 0 radical (unpaired) electrons.